The second-order valence-corrected chi connectivity index (χ2v) is 3.64. The Balaban J connectivity index is 2.40. The van der Waals surface area contributed by atoms with E-state index < -0.39 is 23.9 Å². The summed E-state index contributed by atoms with van der Waals surface area (Å²) in [6.45, 7) is -0.344. The highest BCUT2D eigenvalue weighted by Crippen LogP contribution is 2.27. The van der Waals surface area contributed by atoms with Gasteiger partial charge in [-0.3, -0.25) is 4.57 Å². The molecule has 0 aromatic carbocycles. The molecule has 0 aliphatic heterocycles. The van der Waals surface area contributed by atoms with Crippen LogP contribution in [0.25, 0.3) is 0 Å². The van der Waals surface area contributed by atoms with E-state index in [-0.39, 0.29) is 6.61 Å². The number of rotatable bonds is 2. The molecule has 6 heteroatoms. The normalized spacial score (nSPS) is 29.2. The Bertz CT molecular complexity index is 468. The van der Waals surface area contributed by atoms with Crippen LogP contribution < -0.4 is 5.69 Å². The van der Waals surface area contributed by atoms with E-state index >= 15 is 0 Å². The Morgan fingerprint density at radius 2 is 2.19 bits per heavy atom. The number of aliphatic hydroxyl groups excluding tert-OH is 3. The van der Waals surface area contributed by atoms with Crippen LogP contribution in [0.15, 0.2) is 34.9 Å². The standard InChI is InChI=1S/C10H12N2O4/c13-5-6-4-7(9(15)8(6)14)12-3-1-2-11-10(12)16/h1-4,7-9,13-15H,5H2/t7-,8-,9+/m1/s1. The zero-order valence-electron chi connectivity index (χ0n) is 8.39. The minimum Gasteiger partial charge on any atom is -0.392 e. The van der Waals surface area contributed by atoms with Crippen molar-refractivity contribution in [1.82, 2.24) is 9.55 Å². The lowest BCUT2D eigenvalue weighted by Gasteiger charge is -2.18. The first-order chi connectivity index (χ1) is 7.65. The molecule has 86 valence electrons. The number of aromatic nitrogens is 2. The Kier molecular flexibility index (Phi) is 2.86. The lowest BCUT2D eigenvalue weighted by atomic mass is 10.1. The minimum absolute atomic E-state index is 0.313. The van der Waals surface area contributed by atoms with E-state index in [4.69, 9.17) is 5.11 Å². The van der Waals surface area contributed by atoms with Gasteiger partial charge in [0.15, 0.2) is 0 Å². The number of aliphatic hydroxyl groups is 3. The van der Waals surface area contributed by atoms with Gasteiger partial charge in [0.2, 0.25) is 0 Å². The minimum atomic E-state index is -1.14. The van der Waals surface area contributed by atoms with Crippen molar-refractivity contribution in [3.63, 3.8) is 0 Å². The molecule has 2 rings (SSSR count). The highest BCUT2D eigenvalue weighted by Gasteiger charge is 2.35. The van der Waals surface area contributed by atoms with Gasteiger partial charge in [0, 0.05) is 12.4 Å². The predicted molar refractivity (Wildman–Crippen MR) is 54.7 cm³/mol. The topological polar surface area (TPSA) is 95.6 Å². The first kappa shape index (κ1) is 11.0. The Labute approximate surface area is 91.1 Å². The predicted octanol–water partition coefficient (Wildman–Crippen LogP) is -1.56. The Morgan fingerprint density at radius 3 is 2.75 bits per heavy atom. The fourth-order valence-electron chi connectivity index (χ4n) is 1.81. The molecule has 1 aromatic heterocycles. The second-order valence-electron chi connectivity index (χ2n) is 3.64. The maximum absolute atomic E-state index is 11.4. The van der Waals surface area contributed by atoms with E-state index in [1.165, 1.54) is 23.0 Å². The number of hydrogen-bond donors (Lipinski definition) is 3. The van der Waals surface area contributed by atoms with Crippen molar-refractivity contribution >= 4 is 0 Å². The van der Waals surface area contributed by atoms with Crippen molar-refractivity contribution in [2.75, 3.05) is 6.61 Å². The van der Waals surface area contributed by atoms with Crippen molar-refractivity contribution in [2.45, 2.75) is 18.2 Å². The molecular weight excluding hydrogens is 212 g/mol. The molecule has 0 radical (unpaired) electrons. The molecule has 0 amide bonds. The van der Waals surface area contributed by atoms with Gasteiger partial charge in [-0.05, 0) is 11.6 Å². The van der Waals surface area contributed by atoms with Gasteiger partial charge < -0.3 is 15.3 Å². The quantitative estimate of drug-likeness (QED) is 0.528. The number of hydrogen-bond acceptors (Lipinski definition) is 5. The molecular formula is C10H12N2O4. The highest BCUT2D eigenvalue weighted by molar-refractivity contribution is 5.23. The molecule has 16 heavy (non-hydrogen) atoms. The van der Waals surface area contributed by atoms with Crippen LogP contribution in [0.2, 0.25) is 0 Å². The van der Waals surface area contributed by atoms with Gasteiger partial charge in [0.1, 0.15) is 12.2 Å². The summed E-state index contributed by atoms with van der Waals surface area (Å²) in [5.41, 5.74) is -0.192. The SMILES string of the molecule is O=c1ncccn1[C@@H]1C=C(CO)[C@@H](O)[C@H]1O. The van der Waals surface area contributed by atoms with Crippen LogP contribution in [0.4, 0.5) is 0 Å². The number of nitrogens with zero attached hydrogens (tertiary/aromatic N) is 2. The zero-order chi connectivity index (χ0) is 11.7. The van der Waals surface area contributed by atoms with Crippen LogP contribution in [0.3, 0.4) is 0 Å². The third kappa shape index (κ3) is 1.67. The molecule has 1 aliphatic carbocycles. The molecule has 0 unspecified atom stereocenters. The summed E-state index contributed by atoms with van der Waals surface area (Å²) < 4.78 is 1.22. The third-order valence-corrected chi connectivity index (χ3v) is 2.68. The monoisotopic (exact) mass is 224 g/mol. The summed E-state index contributed by atoms with van der Waals surface area (Å²) >= 11 is 0. The smallest absolute Gasteiger partial charge is 0.348 e. The maximum atomic E-state index is 11.4. The first-order valence-electron chi connectivity index (χ1n) is 4.86. The molecule has 0 fully saturated rings. The molecule has 1 heterocycles. The first-order valence-corrected chi connectivity index (χ1v) is 4.86. The summed E-state index contributed by atoms with van der Waals surface area (Å²) in [6.07, 6.45) is 2.05. The molecule has 0 spiro atoms. The van der Waals surface area contributed by atoms with E-state index in [9.17, 15) is 15.0 Å². The summed E-state index contributed by atoms with van der Waals surface area (Å²) in [4.78, 5) is 15.0. The zero-order valence-corrected chi connectivity index (χ0v) is 8.39. The highest BCUT2D eigenvalue weighted by atomic mass is 16.3. The summed E-state index contributed by atoms with van der Waals surface area (Å²) in [7, 11) is 0. The summed E-state index contributed by atoms with van der Waals surface area (Å²) in [6, 6.07) is 0.879. The third-order valence-electron chi connectivity index (χ3n) is 2.68. The molecule has 6 nitrogen and oxygen atoms in total. The second kappa shape index (κ2) is 4.17. The van der Waals surface area contributed by atoms with Crippen LogP contribution in [0.5, 0.6) is 0 Å². The molecule has 3 atom stereocenters. The van der Waals surface area contributed by atoms with Crippen molar-refractivity contribution in [1.29, 1.82) is 0 Å². The van der Waals surface area contributed by atoms with Crippen molar-refractivity contribution in [3.8, 4) is 0 Å². The van der Waals surface area contributed by atoms with Crippen molar-refractivity contribution in [2.24, 2.45) is 0 Å². The Morgan fingerprint density at radius 1 is 1.44 bits per heavy atom. The average Bonchev–Trinajstić information content (AvgIpc) is 2.57. The lowest BCUT2D eigenvalue weighted by molar-refractivity contribution is 0.0271. The van der Waals surface area contributed by atoms with Crippen LogP contribution in [-0.4, -0.2) is 43.7 Å². The van der Waals surface area contributed by atoms with Crippen LogP contribution >= 0.6 is 0 Å². The molecule has 1 aromatic rings. The van der Waals surface area contributed by atoms with Gasteiger partial charge in [0.25, 0.3) is 0 Å². The van der Waals surface area contributed by atoms with Crippen molar-refractivity contribution < 1.29 is 15.3 Å². The average molecular weight is 224 g/mol. The van der Waals surface area contributed by atoms with E-state index in [0.717, 1.165) is 0 Å². The Hall–Kier alpha value is -1.50. The van der Waals surface area contributed by atoms with Gasteiger partial charge >= 0.3 is 5.69 Å². The van der Waals surface area contributed by atoms with E-state index in [1.54, 1.807) is 6.07 Å². The van der Waals surface area contributed by atoms with E-state index in [2.05, 4.69) is 4.98 Å². The van der Waals surface area contributed by atoms with Crippen LogP contribution in [-0.2, 0) is 0 Å². The molecule has 0 bridgehead atoms. The maximum Gasteiger partial charge on any atom is 0.348 e. The molecule has 3 N–H and O–H groups in total. The van der Waals surface area contributed by atoms with Gasteiger partial charge in [-0.15, -0.1) is 0 Å². The van der Waals surface area contributed by atoms with E-state index in [1.807, 2.05) is 0 Å². The lowest BCUT2D eigenvalue weighted by Crippen LogP contribution is -2.35. The molecule has 0 saturated carbocycles. The molecule has 1 aliphatic rings. The van der Waals surface area contributed by atoms with Gasteiger partial charge in [0.05, 0.1) is 12.6 Å². The fourth-order valence-corrected chi connectivity index (χ4v) is 1.81. The molecule has 0 saturated heterocycles. The van der Waals surface area contributed by atoms with Gasteiger partial charge in [-0.1, -0.05) is 6.08 Å². The largest absolute Gasteiger partial charge is 0.392 e. The van der Waals surface area contributed by atoms with Crippen molar-refractivity contribution in [3.05, 3.63) is 40.6 Å². The summed E-state index contributed by atoms with van der Waals surface area (Å²) in [5, 5.41) is 28.2. The summed E-state index contributed by atoms with van der Waals surface area (Å²) in [5.74, 6) is 0. The van der Waals surface area contributed by atoms with Crippen LogP contribution in [0, 0.1) is 0 Å². The van der Waals surface area contributed by atoms with E-state index in [0.29, 0.717) is 5.57 Å². The fraction of sp³-hybridized carbons (Fsp3) is 0.400. The van der Waals surface area contributed by atoms with Gasteiger partial charge in [-0.25, -0.2) is 9.78 Å². The van der Waals surface area contributed by atoms with Crippen LogP contribution in [0.1, 0.15) is 6.04 Å². The van der Waals surface area contributed by atoms with Gasteiger partial charge in [-0.2, -0.15) is 0 Å².